The van der Waals surface area contributed by atoms with Crippen LogP contribution in [0.4, 0.5) is 13.2 Å². The maximum Gasteiger partial charge on any atom is 0.573 e. The smallest absolute Gasteiger partial charge is 0.493 e. The zero-order valence-electron chi connectivity index (χ0n) is 16.8. The van der Waals surface area contributed by atoms with E-state index in [1.807, 2.05) is 0 Å². The van der Waals surface area contributed by atoms with Crippen LogP contribution in [0.2, 0.25) is 0 Å². The predicted molar refractivity (Wildman–Crippen MR) is 110 cm³/mol. The van der Waals surface area contributed by atoms with Gasteiger partial charge in [0.25, 0.3) is 0 Å². The highest BCUT2D eigenvalue weighted by Gasteiger charge is 2.32. The normalized spacial score (nSPS) is 14.6. The molecule has 9 heteroatoms. The van der Waals surface area contributed by atoms with Gasteiger partial charge >= 0.3 is 6.36 Å². The van der Waals surface area contributed by atoms with Crippen LogP contribution in [-0.2, 0) is 0 Å². The van der Waals surface area contributed by atoms with Gasteiger partial charge in [-0.25, -0.2) is 0 Å². The molecule has 0 saturated carbocycles. The van der Waals surface area contributed by atoms with E-state index < -0.39 is 6.36 Å². The summed E-state index contributed by atoms with van der Waals surface area (Å²) < 4.78 is 58.9. The molecule has 5 nitrogen and oxygen atoms in total. The van der Waals surface area contributed by atoms with Gasteiger partial charge in [0.15, 0.2) is 23.0 Å². The highest BCUT2D eigenvalue weighted by Crippen LogP contribution is 2.38. The molecule has 166 valence electrons. The molecule has 0 aromatic heterocycles. The van der Waals surface area contributed by atoms with Crippen LogP contribution < -0.4 is 24.3 Å². The molecule has 1 saturated heterocycles. The molecule has 2 aromatic carbocycles. The number of benzene rings is 2. The molecule has 1 heterocycles. The summed E-state index contributed by atoms with van der Waals surface area (Å²) in [5, 5.41) is 3.25. The third-order valence-corrected chi connectivity index (χ3v) is 4.82. The number of hydrogen-bond donors (Lipinski definition) is 1. The van der Waals surface area contributed by atoms with Crippen LogP contribution in [0.5, 0.6) is 23.0 Å². The Hall–Kier alpha value is -2.32. The zero-order valence-corrected chi connectivity index (χ0v) is 17.6. The lowest BCUT2D eigenvalue weighted by Gasteiger charge is -2.23. The van der Waals surface area contributed by atoms with Crippen LogP contribution in [-0.4, -0.2) is 40.3 Å². The third-order valence-electron chi connectivity index (χ3n) is 4.82. The second-order valence-electron chi connectivity index (χ2n) is 6.78. The largest absolute Gasteiger partial charge is 0.573 e. The van der Waals surface area contributed by atoms with Gasteiger partial charge in [-0.2, -0.15) is 0 Å². The van der Waals surface area contributed by atoms with E-state index in [-0.39, 0.29) is 23.9 Å². The molecule has 0 unspecified atom stereocenters. The van der Waals surface area contributed by atoms with Gasteiger partial charge in [-0.05, 0) is 67.2 Å². The van der Waals surface area contributed by atoms with Crippen molar-refractivity contribution in [2.45, 2.75) is 19.2 Å². The van der Waals surface area contributed by atoms with Gasteiger partial charge in [0.2, 0.25) is 0 Å². The molecule has 1 fully saturated rings. The molecule has 3 rings (SSSR count). The Labute approximate surface area is 179 Å². The van der Waals surface area contributed by atoms with Gasteiger partial charge in [0.1, 0.15) is 0 Å². The number of ether oxygens (including phenoxy) is 4. The second-order valence-corrected chi connectivity index (χ2v) is 6.78. The first kappa shape index (κ1) is 24.0. The van der Waals surface area contributed by atoms with E-state index >= 15 is 0 Å². The molecule has 0 aliphatic carbocycles. The average molecular weight is 448 g/mol. The topological polar surface area (TPSA) is 49.0 Å². The number of halogens is 4. The molecular weight excluding hydrogens is 423 g/mol. The molecule has 0 radical (unpaired) electrons. The van der Waals surface area contributed by atoms with Crippen molar-refractivity contribution in [1.29, 1.82) is 0 Å². The number of methoxy groups -OCH3 is 2. The number of alkyl halides is 3. The minimum absolute atomic E-state index is 0. The van der Waals surface area contributed by atoms with E-state index in [9.17, 15) is 13.2 Å². The predicted octanol–water partition coefficient (Wildman–Crippen LogP) is 5.07. The van der Waals surface area contributed by atoms with E-state index in [1.165, 1.54) is 20.3 Å². The van der Waals surface area contributed by atoms with Crippen LogP contribution in [0.3, 0.4) is 0 Å². The Morgan fingerprint density at radius 3 is 2.00 bits per heavy atom. The third kappa shape index (κ3) is 6.34. The minimum Gasteiger partial charge on any atom is -0.493 e. The summed E-state index contributed by atoms with van der Waals surface area (Å²) in [6, 6.07) is 9.69. The Morgan fingerprint density at radius 1 is 0.867 bits per heavy atom. The monoisotopic (exact) mass is 447 g/mol. The van der Waals surface area contributed by atoms with Crippen molar-refractivity contribution in [3.63, 3.8) is 0 Å². The van der Waals surface area contributed by atoms with Gasteiger partial charge in [-0.3, -0.25) is 0 Å². The van der Waals surface area contributed by atoms with Crippen molar-refractivity contribution in [2.75, 3.05) is 33.9 Å². The molecule has 1 aliphatic heterocycles. The molecule has 0 atom stereocenters. The maximum atomic E-state index is 12.8. The van der Waals surface area contributed by atoms with Gasteiger partial charge in [-0.1, -0.05) is 12.1 Å². The molecular formula is C21H25ClF3NO4. The second kappa shape index (κ2) is 10.6. The molecule has 0 spiro atoms. The lowest BCUT2D eigenvalue weighted by Crippen LogP contribution is -2.30. The fourth-order valence-electron chi connectivity index (χ4n) is 3.28. The summed E-state index contributed by atoms with van der Waals surface area (Å²) in [5.41, 5.74) is 1.44. The number of rotatable bonds is 7. The summed E-state index contributed by atoms with van der Waals surface area (Å²) in [5.74, 6) is 1.09. The Bertz CT molecular complexity index is 826. The summed E-state index contributed by atoms with van der Waals surface area (Å²) in [6.07, 6.45) is -2.95. The first-order chi connectivity index (χ1) is 13.9. The van der Waals surface area contributed by atoms with Crippen molar-refractivity contribution in [2.24, 2.45) is 5.92 Å². The summed E-state index contributed by atoms with van der Waals surface area (Å²) >= 11 is 0. The summed E-state index contributed by atoms with van der Waals surface area (Å²) in [6.45, 7) is 2.10. The fraction of sp³-hybridized carbons (Fsp3) is 0.429. The van der Waals surface area contributed by atoms with Crippen molar-refractivity contribution in [1.82, 2.24) is 5.32 Å². The van der Waals surface area contributed by atoms with Gasteiger partial charge < -0.3 is 24.3 Å². The standard InChI is InChI=1S/C21H24F3NO4.ClH/c1-26-17-5-3-15(11-19(17)27-2)16-4-6-18(29-21(22,23)24)20(12-16)28-13-14-7-9-25-10-8-14;/h3-6,11-12,14,25H,7-10,13H2,1-2H3;1H. The van der Waals surface area contributed by atoms with Crippen molar-refractivity contribution < 1.29 is 32.1 Å². The van der Waals surface area contributed by atoms with E-state index in [4.69, 9.17) is 14.2 Å². The van der Waals surface area contributed by atoms with Gasteiger partial charge in [0, 0.05) is 0 Å². The van der Waals surface area contributed by atoms with Gasteiger partial charge in [-0.15, -0.1) is 25.6 Å². The highest BCUT2D eigenvalue weighted by atomic mass is 35.5. The molecule has 0 amide bonds. The maximum absolute atomic E-state index is 12.8. The lowest BCUT2D eigenvalue weighted by molar-refractivity contribution is -0.275. The van der Waals surface area contributed by atoms with Crippen molar-refractivity contribution in [3.8, 4) is 34.1 Å². The number of nitrogens with one attached hydrogen (secondary N) is 1. The molecule has 1 aliphatic rings. The highest BCUT2D eigenvalue weighted by molar-refractivity contribution is 5.85. The molecule has 0 bridgehead atoms. The Balaban J connectivity index is 0.00000320. The van der Waals surface area contributed by atoms with Crippen LogP contribution in [0, 0.1) is 5.92 Å². The average Bonchev–Trinajstić information content (AvgIpc) is 2.72. The van der Waals surface area contributed by atoms with Crippen LogP contribution in [0.1, 0.15) is 12.8 Å². The minimum atomic E-state index is -4.79. The number of piperidine rings is 1. The SMILES string of the molecule is COc1ccc(-c2ccc(OC(F)(F)F)c(OCC3CCNCC3)c2)cc1OC.Cl. The molecule has 2 aromatic rings. The first-order valence-electron chi connectivity index (χ1n) is 9.35. The van der Waals surface area contributed by atoms with Crippen molar-refractivity contribution in [3.05, 3.63) is 36.4 Å². The van der Waals surface area contributed by atoms with Crippen molar-refractivity contribution >= 4 is 12.4 Å². The lowest BCUT2D eigenvalue weighted by atomic mass is 9.99. The van der Waals surface area contributed by atoms with E-state index in [2.05, 4.69) is 10.1 Å². The van der Waals surface area contributed by atoms with Crippen LogP contribution >= 0.6 is 12.4 Å². The first-order valence-corrected chi connectivity index (χ1v) is 9.35. The van der Waals surface area contributed by atoms with E-state index in [1.54, 1.807) is 30.3 Å². The molecule has 30 heavy (non-hydrogen) atoms. The van der Waals surface area contributed by atoms with E-state index in [0.717, 1.165) is 31.5 Å². The van der Waals surface area contributed by atoms with E-state index in [0.29, 0.717) is 29.6 Å². The summed E-state index contributed by atoms with van der Waals surface area (Å²) in [7, 11) is 3.06. The Kier molecular flexibility index (Phi) is 8.49. The van der Waals surface area contributed by atoms with Crippen LogP contribution in [0.15, 0.2) is 36.4 Å². The summed E-state index contributed by atoms with van der Waals surface area (Å²) in [4.78, 5) is 0. The fourth-order valence-corrected chi connectivity index (χ4v) is 3.28. The molecule has 1 N–H and O–H groups in total. The van der Waals surface area contributed by atoms with Crippen LogP contribution in [0.25, 0.3) is 11.1 Å². The number of hydrogen-bond acceptors (Lipinski definition) is 5. The van der Waals surface area contributed by atoms with Gasteiger partial charge in [0.05, 0.1) is 20.8 Å². The Morgan fingerprint density at radius 2 is 1.43 bits per heavy atom. The zero-order chi connectivity index (χ0) is 20.9. The quantitative estimate of drug-likeness (QED) is 0.642.